The third-order valence-electron chi connectivity index (χ3n) is 4.96. The van der Waals surface area contributed by atoms with E-state index in [-0.39, 0.29) is 5.82 Å². The summed E-state index contributed by atoms with van der Waals surface area (Å²) < 4.78 is 19.0. The average molecular weight is 263 g/mol. The molecule has 0 saturated heterocycles. The van der Waals surface area contributed by atoms with Crippen molar-refractivity contribution in [3.05, 3.63) is 29.6 Å². The minimum atomic E-state index is -0.165. The molecule has 0 aromatic heterocycles. The highest BCUT2D eigenvalue weighted by atomic mass is 19.1. The predicted molar refractivity (Wildman–Crippen MR) is 74.9 cm³/mol. The second kappa shape index (κ2) is 4.78. The molecule has 0 radical (unpaired) electrons. The van der Waals surface area contributed by atoms with Gasteiger partial charge in [-0.2, -0.15) is 0 Å². The minimum absolute atomic E-state index is 0.165. The van der Waals surface area contributed by atoms with E-state index in [2.05, 4.69) is 12.2 Å². The van der Waals surface area contributed by atoms with E-state index in [0.717, 1.165) is 24.3 Å². The molecule has 1 aromatic carbocycles. The van der Waals surface area contributed by atoms with Gasteiger partial charge in [-0.3, -0.25) is 0 Å². The van der Waals surface area contributed by atoms with Gasteiger partial charge < -0.3 is 10.1 Å². The molecule has 0 heterocycles. The zero-order valence-electron chi connectivity index (χ0n) is 11.7. The molecule has 104 valence electrons. The highest BCUT2D eigenvalue weighted by Crippen LogP contribution is 2.58. The Morgan fingerprint density at radius 3 is 2.79 bits per heavy atom. The van der Waals surface area contributed by atoms with E-state index >= 15 is 0 Å². The van der Waals surface area contributed by atoms with Crippen LogP contribution in [0.25, 0.3) is 0 Å². The molecule has 2 aliphatic rings. The van der Waals surface area contributed by atoms with Crippen molar-refractivity contribution in [2.75, 3.05) is 11.9 Å². The van der Waals surface area contributed by atoms with E-state index in [1.54, 1.807) is 6.07 Å². The molecular weight excluding hydrogens is 241 g/mol. The summed E-state index contributed by atoms with van der Waals surface area (Å²) in [7, 11) is 0. The van der Waals surface area contributed by atoms with Gasteiger partial charge in [-0.1, -0.05) is 6.42 Å². The number of anilines is 1. The van der Waals surface area contributed by atoms with Crippen molar-refractivity contribution in [3.8, 4) is 0 Å². The van der Waals surface area contributed by atoms with Gasteiger partial charge in [-0.25, -0.2) is 4.39 Å². The lowest BCUT2D eigenvalue weighted by Crippen LogP contribution is -2.64. The fraction of sp³-hybridized carbons (Fsp3) is 0.625. The first kappa shape index (κ1) is 12.9. The van der Waals surface area contributed by atoms with E-state index < -0.39 is 0 Å². The molecule has 2 saturated carbocycles. The Morgan fingerprint density at radius 2 is 2.21 bits per heavy atom. The third kappa shape index (κ3) is 2.04. The SMILES string of the molecule is CCOC1CC(Nc2ccc(F)cc2C)C12CCC2. The molecule has 2 nitrogen and oxygen atoms in total. The van der Waals surface area contributed by atoms with Gasteiger partial charge in [0.2, 0.25) is 0 Å². The van der Waals surface area contributed by atoms with Crippen molar-refractivity contribution >= 4 is 5.69 Å². The first-order valence-electron chi connectivity index (χ1n) is 7.30. The molecule has 0 amide bonds. The number of halogens is 1. The highest BCUT2D eigenvalue weighted by Gasteiger charge is 2.58. The normalized spacial score (nSPS) is 27.7. The van der Waals surface area contributed by atoms with Crippen LogP contribution in [-0.4, -0.2) is 18.8 Å². The van der Waals surface area contributed by atoms with Crippen molar-refractivity contribution in [2.24, 2.45) is 5.41 Å². The van der Waals surface area contributed by atoms with Gasteiger partial charge in [0.25, 0.3) is 0 Å². The van der Waals surface area contributed by atoms with Gasteiger partial charge in [-0.15, -0.1) is 0 Å². The topological polar surface area (TPSA) is 21.3 Å². The monoisotopic (exact) mass is 263 g/mol. The maximum Gasteiger partial charge on any atom is 0.123 e. The van der Waals surface area contributed by atoms with Gasteiger partial charge in [0.05, 0.1) is 6.10 Å². The number of ether oxygens (including phenoxy) is 1. The molecule has 1 spiro atoms. The van der Waals surface area contributed by atoms with Crippen LogP contribution in [0.5, 0.6) is 0 Å². The molecule has 2 atom stereocenters. The molecule has 1 aromatic rings. The van der Waals surface area contributed by atoms with Crippen LogP contribution in [0.2, 0.25) is 0 Å². The standard InChI is InChI=1S/C16H22FNO/c1-3-19-15-10-14(16(15)7-4-8-16)18-13-6-5-12(17)9-11(13)2/h5-6,9,14-15,18H,3-4,7-8,10H2,1-2H3. The number of nitrogens with one attached hydrogen (secondary N) is 1. The molecule has 2 unspecified atom stereocenters. The lowest BCUT2D eigenvalue weighted by Gasteiger charge is -2.61. The fourth-order valence-corrected chi connectivity index (χ4v) is 3.62. The maximum atomic E-state index is 13.1. The molecule has 0 aliphatic heterocycles. The summed E-state index contributed by atoms with van der Waals surface area (Å²) in [6, 6.07) is 5.46. The summed E-state index contributed by atoms with van der Waals surface area (Å²) in [5, 5.41) is 3.61. The maximum absolute atomic E-state index is 13.1. The molecule has 1 N–H and O–H groups in total. The summed E-state index contributed by atoms with van der Waals surface area (Å²) in [5.74, 6) is -0.165. The van der Waals surface area contributed by atoms with E-state index in [1.807, 2.05) is 13.0 Å². The zero-order chi connectivity index (χ0) is 13.5. The number of aryl methyl sites for hydroxylation is 1. The number of hydrogen-bond donors (Lipinski definition) is 1. The average Bonchev–Trinajstić information content (AvgIpc) is 2.28. The summed E-state index contributed by atoms with van der Waals surface area (Å²) in [5.41, 5.74) is 2.39. The first-order valence-corrected chi connectivity index (χ1v) is 7.30. The van der Waals surface area contributed by atoms with Crippen LogP contribution in [0.1, 0.15) is 38.2 Å². The lowest BCUT2D eigenvalue weighted by molar-refractivity contribution is -0.157. The van der Waals surface area contributed by atoms with Crippen LogP contribution < -0.4 is 5.32 Å². The van der Waals surface area contributed by atoms with Gasteiger partial charge in [0.15, 0.2) is 0 Å². The summed E-state index contributed by atoms with van der Waals surface area (Å²) in [6.45, 7) is 4.82. The second-order valence-corrected chi connectivity index (χ2v) is 5.92. The minimum Gasteiger partial charge on any atom is -0.381 e. The molecule has 3 rings (SSSR count). The largest absolute Gasteiger partial charge is 0.381 e. The number of benzene rings is 1. The van der Waals surface area contributed by atoms with Crippen LogP contribution in [0, 0.1) is 18.2 Å². The van der Waals surface area contributed by atoms with E-state index in [4.69, 9.17) is 4.74 Å². The number of rotatable bonds is 4. The zero-order valence-corrected chi connectivity index (χ0v) is 11.7. The van der Waals surface area contributed by atoms with Gasteiger partial charge >= 0.3 is 0 Å². The molecule has 3 heteroatoms. The molecule has 0 bridgehead atoms. The summed E-state index contributed by atoms with van der Waals surface area (Å²) in [4.78, 5) is 0. The van der Waals surface area contributed by atoms with Crippen LogP contribution in [0.3, 0.4) is 0 Å². The van der Waals surface area contributed by atoms with Crippen molar-refractivity contribution in [2.45, 2.75) is 51.7 Å². The molecule has 2 fully saturated rings. The van der Waals surface area contributed by atoms with Crippen LogP contribution in [0.4, 0.5) is 10.1 Å². The summed E-state index contributed by atoms with van der Waals surface area (Å²) in [6.07, 6.45) is 5.32. The quantitative estimate of drug-likeness (QED) is 0.889. The van der Waals surface area contributed by atoms with E-state index in [0.29, 0.717) is 17.6 Å². The Kier molecular flexibility index (Phi) is 3.25. The van der Waals surface area contributed by atoms with Gasteiger partial charge in [0.1, 0.15) is 5.82 Å². The van der Waals surface area contributed by atoms with Crippen molar-refractivity contribution < 1.29 is 9.13 Å². The lowest BCUT2D eigenvalue weighted by atomic mass is 9.51. The first-order chi connectivity index (χ1) is 9.15. The fourth-order valence-electron chi connectivity index (χ4n) is 3.62. The highest BCUT2D eigenvalue weighted by molar-refractivity contribution is 5.52. The molecule has 19 heavy (non-hydrogen) atoms. The van der Waals surface area contributed by atoms with Crippen molar-refractivity contribution in [1.29, 1.82) is 0 Å². The third-order valence-corrected chi connectivity index (χ3v) is 4.96. The Bertz CT molecular complexity index is 470. The van der Waals surface area contributed by atoms with E-state index in [9.17, 15) is 4.39 Å². The van der Waals surface area contributed by atoms with Crippen molar-refractivity contribution in [1.82, 2.24) is 0 Å². The van der Waals surface area contributed by atoms with Crippen LogP contribution in [0.15, 0.2) is 18.2 Å². The van der Waals surface area contributed by atoms with E-state index in [1.165, 1.54) is 25.3 Å². The smallest absolute Gasteiger partial charge is 0.123 e. The Morgan fingerprint density at radius 1 is 1.42 bits per heavy atom. The van der Waals surface area contributed by atoms with Gasteiger partial charge in [-0.05, 0) is 56.9 Å². The molecular formula is C16H22FNO. The van der Waals surface area contributed by atoms with Crippen molar-refractivity contribution in [3.63, 3.8) is 0 Å². The second-order valence-electron chi connectivity index (χ2n) is 5.92. The van der Waals surface area contributed by atoms with Crippen LogP contribution >= 0.6 is 0 Å². The summed E-state index contributed by atoms with van der Waals surface area (Å²) >= 11 is 0. The Labute approximate surface area is 114 Å². The Hall–Kier alpha value is -1.09. The Balaban J connectivity index is 1.71. The predicted octanol–water partition coefficient (Wildman–Crippen LogP) is 3.89. The van der Waals surface area contributed by atoms with Crippen LogP contribution in [-0.2, 0) is 4.74 Å². The number of hydrogen-bond acceptors (Lipinski definition) is 2. The van der Waals surface area contributed by atoms with Gasteiger partial charge in [0, 0.05) is 23.8 Å². The molecule has 2 aliphatic carbocycles.